The number of hydrogen-bond donors (Lipinski definition) is 1. The van der Waals surface area contributed by atoms with Gasteiger partial charge < -0.3 is 9.63 Å². The summed E-state index contributed by atoms with van der Waals surface area (Å²) >= 11 is 0. The molecule has 7 heteroatoms. The number of amides is 1. The highest BCUT2D eigenvalue weighted by Gasteiger charge is 2.49. The lowest BCUT2D eigenvalue weighted by atomic mass is 9.93. The maximum Gasteiger partial charge on any atom is 0.301 e. The zero-order valence-corrected chi connectivity index (χ0v) is 17.3. The van der Waals surface area contributed by atoms with Gasteiger partial charge in [-0.05, 0) is 6.07 Å². The molecular formula is C24H21FN2O4. The first-order chi connectivity index (χ1) is 14.7. The average molecular weight is 420 g/mol. The number of carbonyl (C=O) groups excluding carboxylic acids is 2. The number of rotatable bonds is 3. The number of benzene rings is 2. The zero-order valence-electron chi connectivity index (χ0n) is 17.3. The van der Waals surface area contributed by atoms with Crippen LogP contribution in [0.1, 0.15) is 43.7 Å². The summed E-state index contributed by atoms with van der Waals surface area (Å²) in [5, 5.41) is 14.9. The third-order valence-electron chi connectivity index (χ3n) is 5.18. The number of aromatic nitrogens is 1. The van der Waals surface area contributed by atoms with Crippen molar-refractivity contribution in [2.24, 2.45) is 0 Å². The maximum absolute atomic E-state index is 14.8. The first-order valence-corrected chi connectivity index (χ1v) is 9.78. The van der Waals surface area contributed by atoms with Crippen LogP contribution in [-0.2, 0) is 15.0 Å². The van der Waals surface area contributed by atoms with Gasteiger partial charge in [0.15, 0.2) is 5.82 Å². The van der Waals surface area contributed by atoms with Gasteiger partial charge in [-0.25, -0.2) is 4.39 Å². The predicted octanol–water partition coefficient (Wildman–Crippen LogP) is 4.74. The summed E-state index contributed by atoms with van der Waals surface area (Å²) in [6.07, 6.45) is 0. The zero-order chi connectivity index (χ0) is 22.3. The van der Waals surface area contributed by atoms with Crippen LogP contribution in [0.4, 0.5) is 10.2 Å². The highest BCUT2D eigenvalue weighted by molar-refractivity contribution is 6.51. The molecule has 0 bridgehead atoms. The molecule has 0 radical (unpaired) electrons. The number of Topliss-reactive ketones (excluding diaryl/α,β-unsaturated/α-hetero) is 1. The van der Waals surface area contributed by atoms with Gasteiger partial charge in [-0.3, -0.25) is 14.5 Å². The molecule has 2 aromatic carbocycles. The summed E-state index contributed by atoms with van der Waals surface area (Å²) in [6, 6.07) is 14.5. The van der Waals surface area contributed by atoms with Gasteiger partial charge in [0.2, 0.25) is 0 Å². The van der Waals surface area contributed by atoms with E-state index in [-0.39, 0.29) is 22.7 Å². The van der Waals surface area contributed by atoms with E-state index in [1.807, 2.05) is 20.8 Å². The largest absolute Gasteiger partial charge is 0.507 e. The van der Waals surface area contributed by atoms with Crippen molar-refractivity contribution >= 4 is 23.3 Å². The molecule has 158 valence electrons. The minimum Gasteiger partial charge on any atom is -0.507 e. The fourth-order valence-electron chi connectivity index (χ4n) is 3.54. The number of anilines is 1. The van der Waals surface area contributed by atoms with Crippen LogP contribution in [0, 0.1) is 5.82 Å². The Labute approximate surface area is 178 Å². The molecule has 3 aromatic rings. The van der Waals surface area contributed by atoms with E-state index in [0.29, 0.717) is 11.3 Å². The van der Waals surface area contributed by atoms with Crippen molar-refractivity contribution in [1.29, 1.82) is 0 Å². The number of carbonyl (C=O) groups is 2. The van der Waals surface area contributed by atoms with Gasteiger partial charge in [0.1, 0.15) is 17.3 Å². The van der Waals surface area contributed by atoms with Crippen molar-refractivity contribution in [2.45, 2.75) is 32.2 Å². The molecule has 1 aliphatic heterocycles. The molecule has 1 fully saturated rings. The van der Waals surface area contributed by atoms with Crippen LogP contribution in [0.5, 0.6) is 0 Å². The van der Waals surface area contributed by atoms with Crippen LogP contribution in [0.25, 0.3) is 5.76 Å². The van der Waals surface area contributed by atoms with Gasteiger partial charge in [0, 0.05) is 22.6 Å². The minimum absolute atomic E-state index is 0.0690. The summed E-state index contributed by atoms with van der Waals surface area (Å²) in [7, 11) is 0. The van der Waals surface area contributed by atoms with Crippen LogP contribution in [0.15, 0.2) is 70.8 Å². The highest BCUT2D eigenvalue weighted by atomic mass is 19.1. The topological polar surface area (TPSA) is 83.6 Å². The molecule has 0 saturated carbocycles. The maximum atomic E-state index is 14.8. The van der Waals surface area contributed by atoms with Gasteiger partial charge in [0.25, 0.3) is 5.78 Å². The van der Waals surface area contributed by atoms with E-state index >= 15 is 0 Å². The van der Waals surface area contributed by atoms with E-state index in [1.165, 1.54) is 18.2 Å². The first-order valence-electron chi connectivity index (χ1n) is 9.78. The molecule has 1 saturated heterocycles. The van der Waals surface area contributed by atoms with Gasteiger partial charge in [-0.2, -0.15) is 0 Å². The molecular weight excluding hydrogens is 399 g/mol. The van der Waals surface area contributed by atoms with E-state index < -0.39 is 29.0 Å². The molecule has 1 unspecified atom stereocenters. The second-order valence-corrected chi connectivity index (χ2v) is 8.36. The standard InChI is InChI=1S/C24H21FN2O4/c1-24(2,3)17-13-18(26-31-17)27-20(15-11-7-8-12-16(15)25)19(22(29)23(27)30)21(28)14-9-5-4-6-10-14/h4-13,20,28H,1-3H3. The number of ketones is 1. The lowest BCUT2D eigenvalue weighted by molar-refractivity contribution is -0.132. The Balaban J connectivity index is 1.95. The van der Waals surface area contributed by atoms with Crippen LogP contribution in [-0.4, -0.2) is 22.0 Å². The minimum atomic E-state index is -1.20. The Kier molecular flexibility index (Phi) is 4.97. The van der Waals surface area contributed by atoms with Gasteiger partial charge >= 0.3 is 5.91 Å². The normalized spacial score (nSPS) is 18.6. The molecule has 1 atom stereocenters. The van der Waals surface area contributed by atoms with Crippen LogP contribution < -0.4 is 4.90 Å². The van der Waals surface area contributed by atoms with E-state index in [4.69, 9.17) is 4.52 Å². The fraction of sp³-hybridized carbons (Fsp3) is 0.208. The smallest absolute Gasteiger partial charge is 0.301 e. The molecule has 1 aromatic heterocycles. The molecule has 6 nitrogen and oxygen atoms in total. The Hall–Kier alpha value is -3.74. The number of hydrogen-bond acceptors (Lipinski definition) is 5. The number of nitrogens with zero attached hydrogens (tertiary/aromatic N) is 2. The van der Waals surface area contributed by atoms with Crippen molar-refractivity contribution in [1.82, 2.24) is 5.16 Å². The third kappa shape index (κ3) is 3.52. The summed E-state index contributed by atoms with van der Waals surface area (Å²) in [6.45, 7) is 5.74. The Bertz CT molecular complexity index is 1190. The first kappa shape index (κ1) is 20.5. The van der Waals surface area contributed by atoms with Crippen molar-refractivity contribution in [3.05, 3.63) is 88.9 Å². The molecule has 0 spiro atoms. The summed E-state index contributed by atoms with van der Waals surface area (Å²) < 4.78 is 20.2. The van der Waals surface area contributed by atoms with Crippen LogP contribution in [0.3, 0.4) is 0 Å². The molecule has 0 aliphatic carbocycles. The Morgan fingerprint density at radius 2 is 1.71 bits per heavy atom. The summed E-state index contributed by atoms with van der Waals surface area (Å²) in [5.41, 5.74) is -0.186. The van der Waals surface area contributed by atoms with Crippen molar-refractivity contribution in [2.75, 3.05) is 4.90 Å². The molecule has 1 amide bonds. The lowest BCUT2D eigenvalue weighted by Gasteiger charge is -2.23. The second kappa shape index (κ2) is 7.50. The Morgan fingerprint density at radius 3 is 2.32 bits per heavy atom. The van der Waals surface area contributed by atoms with Crippen molar-refractivity contribution in [3.63, 3.8) is 0 Å². The molecule has 31 heavy (non-hydrogen) atoms. The second-order valence-electron chi connectivity index (χ2n) is 8.36. The quantitative estimate of drug-likeness (QED) is 0.376. The monoisotopic (exact) mass is 420 g/mol. The molecule has 2 heterocycles. The predicted molar refractivity (Wildman–Crippen MR) is 113 cm³/mol. The summed E-state index contributed by atoms with van der Waals surface area (Å²) in [5.74, 6) is -2.26. The van der Waals surface area contributed by atoms with Crippen LogP contribution >= 0.6 is 0 Å². The number of halogens is 1. The van der Waals surface area contributed by atoms with Gasteiger partial charge in [-0.15, -0.1) is 0 Å². The lowest BCUT2D eigenvalue weighted by Crippen LogP contribution is -2.30. The van der Waals surface area contributed by atoms with Gasteiger partial charge in [0.05, 0.1) is 11.6 Å². The fourth-order valence-corrected chi connectivity index (χ4v) is 3.54. The van der Waals surface area contributed by atoms with E-state index in [9.17, 15) is 19.1 Å². The molecule has 1 N–H and O–H groups in total. The Morgan fingerprint density at radius 1 is 1.06 bits per heavy atom. The van der Waals surface area contributed by atoms with Crippen molar-refractivity contribution in [3.8, 4) is 0 Å². The SMILES string of the molecule is CC(C)(C)c1cc(N2C(=O)C(=O)C(=C(O)c3ccccc3)C2c2ccccc2F)no1. The summed E-state index contributed by atoms with van der Waals surface area (Å²) in [4.78, 5) is 27.1. The van der Waals surface area contributed by atoms with E-state index in [0.717, 1.165) is 4.90 Å². The molecule has 4 rings (SSSR count). The van der Waals surface area contributed by atoms with E-state index in [1.54, 1.807) is 42.5 Å². The van der Waals surface area contributed by atoms with Gasteiger partial charge in [-0.1, -0.05) is 74.5 Å². The van der Waals surface area contributed by atoms with Crippen molar-refractivity contribution < 1.29 is 23.6 Å². The molecule has 1 aliphatic rings. The highest BCUT2D eigenvalue weighted by Crippen LogP contribution is 2.43. The number of aliphatic hydroxyl groups is 1. The van der Waals surface area contributed by atoms with E-state index in [2.05, 4.69) is 5.16 Å². The van der Waals surface area contributed by atoms with Crippen LogP contribution in [0.2, 0.25) is 0 Å². The number of aliphatic hydroxyl groups excluding tert-OH is 1. The average Bonchev–Trinajstić information content (AvgIpc) is 3.32. The third-order valence-corrected chi connectivity index (χ3v) is 5.18.